The van der Waals surface area contributed by atoms with E-state index in [0.29, 0.717) is 0 Å². The van der Waals surface area contributed by atoms with Crippen LogP contribution in [-0.4, -0.2) is 23.9 Å². The van der Waals surface area contributed by atoms with Crippen molar-refractivity contribution in [3.8, 4) is 0 Å². The molecule has 1 aromatic rings. The summed E-state index contributed by atoms with van der Waals surface area (Å²) in [5.41, 5.74) is 3.10. The molecule has 15 heavy (non-hydrogen) atoms. The predicted octanol–water partition coefficient (Wildman–Crippen LogP) is 2.32. The summed E-state index contributed by atoms with van der Waals surface area (Å²) in [6.45, 7) is 5.61. The Morgan fingerprint density at radius 3 is 2.47 bits per heavy atom. The van der Waals surface area contributed by atoms with Crippen LogP contribution in [0.1, 0.15) is 19.4 Å². The number of nitrogens with zero attached hydrogens (tertiary/aromatic N) is 1. The van der Waals surface area contributed by atoms with E-state index >= 15 is 0 Å². The fourth-order valence-electron chi connectivity index (χ4n) is 2.01. The molecule has 0 bridgehead atoms. The van der Waals surface area contributed by atoms with Gasteiger partial charge >= 0.3 is 0 Å². The van der Waals surface area contributed by atoms with E-state index in [1.807, 2.05) is 49.1 Å². The molecule has 0 saturated carbocycles. The fourth-order valence-corrected chi connectivity index (χ4v) is 2.01. The Hall–Kier alpha value is -1.57. The molecule has 1 aromatic carbocycles. The highest BCUT2D eigenvalue weighted by atomic mass is 16.2. The van der Waals surface area contributed by atoms with Crippen LogP contribution in [0.25, 0.3) is 5.57 Å². The summed E-state index contributed by atoms with van der Waals surface area (Å²) in [7, 11) is 0. The molecular formula is C13H15NO. The van der Waals surface area contributed by atoms with Crippen molar-refractivity contribution in [2.24, 2.45) is 0 Å². The first-order chi connectivity index (χ1) is 7.24. The van der Waals surface area contributed by atoms with Crippen LogP contribution in [0.15, 0.2) is 35.9 Å². The van der Waals surface area contributed by atoms with E-state index in [2.05, 4.69) is 0 Å². The average molecular weight is 201 g/mol. The van der Waals surface area contributed by atoms with Gasteiger partial charge in [0.1, 0.15) is 0 Å². The summed E-state index contributed by atoms with van der Waals surface area (Å²) >= 11 is 0. The summed E-state index contributed by atoms with van der Waals surface area (Å²) in [5.74, 6) is 0.168. The maximum atomic E-state index is 12.0. The average Bonchev–Trinajstić information content (AvgIpc) is 2.55. The molecule has 0 spiro atoms. The molecule has 0 saturated heterocycles. The Morgan fingerprint density at radius 1 is 1.27 bits per heavy atom. The van der Waals surface area contributed by atoms with Gasteiger partial charge in [0.25, 0.3) is 5.91 Å². The quantitative estimate of drug-likeness (QED) is 0.719. The molecule has 2 nitrogen and oxygen atoms in total. The lowest BCUT2D eigenvalue weighted by molar-refractivity contribution is -0.123. The van der Waals surface area contributed by atoms with Crippen LogP contribution in [0.4, 0.5) is 0 Å². The Balaban J connectivity index is 2.38. The highest BCUT2D eigenvalue weighted by Gasteiger charge is 2.27. The zero-order chi connectivity index (χ0) is 10.8. The number of hydrogen-bond acceptors (Lipinski definition) is 1. The van der Waals surface area contributed by atoms with Crippen LogP contribution in [-0.2, 0) is 4.79 Å². The highest BCUT2D eigenvalue weighted by molar-refractivity contribution is 6.22. The van der Waals surface area contributed by atoms with Gasteiger partial charge < -0.3 is 4.90 Å². The van der Waals surface area contributed by atoms with Crippen LogP contribution in [0.3, 0.4) is 0 Å². The van der Waals surface area contributed by atoms with Gasteiger partial charge in [-0.1, -0.05) is 30.3 Å². The number of carbonyl (C=O) groups is 1. The van der Waals surface area contributed by atoms with Crippen molar-refractivity contribution in [1.82, 2.24) is 4.90 Å². The summed E-state index contributed by atoms with van der Waals surface area (Å²) < 4.78 is 0. The maximum absolute atomic E-state index is 12.0. The van der Waals surface area contributed by atoms with Gasteiger partial charge in [-0.3, -0.25) is 4.79 Å². The van der Waals surface area contributed by atoms with E-state index in [-0.39, 0.29) is 5.91 Å². The molecule has 0 fully saturated rings. The van der Waals surface area contributed by atoms with Crippen LogP contribution in [0.5, 0.6) is 0 Å². The monoisotopic (exact) mass is 201 g/mol. The summed E-state index contributed by atoms with van der Waals surface area (Å²) in [6.07, 6.45) is 0. The Labute approximate surface area is 90.2 Å². The van der Waals surface area contributed by atoms with Crippen LogP contribution in [0.2, 0.25) is 0 Å². The lowest BCUT2D eigenvalue weighted by atomic mass is 10.0. The van der Waals surface area contributed by atoms with Gasteiger partial charge in [-0.05, 0) is 25.0 Å². The third-order valence-electron chi connectivity index (χ3n) is 2.80. The van der Waals surface area contributed by atoms with Crippen LogP contribution in [0, 0.1) is 0 Å². The number of rotatable bonds is 2. The molecule has 1 aliphatic rings. The number of benzene rings is 1. The molecule has 1 heterocycles. The summed E-state index contributed by atoms with van der Waals surface area (Å²) in [4.78, 5) is 13.9. The molecule has 78 valence electrons. The SMILES string of the molecule is CCN1CC(C)=C(c2ccccc2)C1=O. The van der Waals surface area contributed by atoms with Crippen molar-refractivity contribution < 1.29 is 4.79 Å². The Morgan fingerprint density at radius 2 is 1.93 bits per heavy atom. The number of amides is 1. The molecule has 1 aliphatic heterocycles. The van der Waals surface area contributed by atoms with Gasteiger partial charge in [-0.15, -0.1) is 0 Å². The topological polar surface area (TPSA) is 20.3 Å². The van der Waals surface area contributed by atoms with Gasteiger partial charge in [-0.2, -0.15) is 0 Å². The predicted molar refractivity (Wildman–Crippen MR) is 61.3 cm³/mol. The second-order valence-electron chi connectivity index (χ2n) is 3.84. The molecule has 2 heteroatoms. The number of likely N-dealkylation sites (N-methyl/N-ethyl adjacent to an activating group) is 1. The molecule has 0 unspecified atom stereocenters. The van der Waals surface area contributed by atoms with Crippen LogP contribution >= 0.6 is 0 Å². The van der Waals surface area contributed by atoms with Gasteiger partial charge in [-0.25, -0.2) is 0 Å². The standard InChI is InChI=1S/C13H15NO/c1-3-14-9-10(2)12(13(14)15)11-7-5-4-6-8-11/h4-8H,3,9H2,1-2H3. The largest absolute Gasteiger partial charge is 0.335 e. The Bertz CT molecular complexity index is 406. The van der Waals surface area contributed by atoms with Crippen molar-refractivity contribution in [2.45, 2.75) is 13.8 Å². The molecule has 0 radical (unpaired) electrons. The number of hydrogen-bond donors (Lipinski definition) is 0. The second kappa shape index (κ2) is 3.89. The van der Waals surface area contributed by atoms with E-state index in [1.54, 1.807) is 0 Å². The zero-order valence-corrected chi connectivity index (χ0v) is 9.16. The van der Waals surface area contributed by atoms with E-state index in [4.69, 9.17) is 0 Å². The lowest BCUT2D eigenvalue weighted by Crippen LogP contribution is -2.26. The van der Waals surface area contributed by atoms with E-state index in [1.165, 1.54) is 5.57 Å². The Kier molecular flexibility index (Phi) is 2.58. The van der Waals surface area contributed by atoms with Crippen molar-refractivity contribution in [2.75, 3.05) is 13.1 Å². The highest BCUT2D eigenvalue weighted by Crippen LogP contribution is 2.27. The molecule has 2 rings (SSSR count). The fraction of sp³-hybridized carbons (Fsp3) is 0.308. The van der Waals surface area contributed by atoms with Gasteiger partial charge in [0.05, 0.1) is 0 Å². The third kappa shape index (κ3) is 1.67. The second-order valence-corrected chi connectivity index (χ2v) is 3.84. The van der Waals surface area contributed by atoms with E-state index < -0.39 is 0 Å². The molecule has 0 aliphatic carbocycles. The van der Waals surface area contributed by atoms with Crippen molar-refractivity contribution >= 4 is 11.5 Å². The zero-order valence-electron chi connectivity index (χ0n) is 9.16. The lowest BCUT2D eigenvalue weighted by Gasteiger charge is -2.13. The number of carbonyl (C=O) groups excluding carboxylic acids is 1. The van der Waals surface area contributed by atoms with Crippen molar-refractivity contribution in [3.05, 3.63) is 41.5 Å². The molecule has 0 aromatic heterocycles. The maximum Gasteiger partial charge on any atom is 0.254 e. The third-order valence-corrected chi connectivity index (χ3v) is 2.80. The van der Waals surface area contributed by atoms with Gasteiger partial charge in [0, 0.05) is 18.7 Å². The molecule has 0 N–H and O–H groups in total. The summed E-state index contributed by atoms with van der Waals surface area (Å²) in [6, 6.07) is 9.90. The first-order valence-corrected chi connectivity index (χ1v) is 5.28. The van der Waals surface area contributed by atoms with E-state index in [0.717, 1.165) is 24.2 Å². The van der Waals surface area contributed by atoms with Gasteiger partial charge in [0.15, 0.2) is 0 Å². The molecule has 1 amide bonds. The first kappa shape index (κ1) is 9.97. The van der Waals surface area contributed by atoms with Gasteiger partial charge in [0.2, 0.25) is 0 Å². The minimum Gasteiger partial charge on any atom is -0.335 e. The van der Waals surface area contributed by atoms with Crippen LogP contribution < -0.4 is 0 Å². The van der Waals surface area contributed by atoms with Crippen molar-refractivity contribution in [1.29, 1.82) is 0 Å². The van der Waals surface area contributed by atoms with Crippen molar-refractivity contribution in [3.63, 3.8) is 0 Å². The normalized spacial score (nSPS) is 16.4. The molecular weight excluding hydrogens is 186 g/mol. The summed E-state index contributed by atoms with van der Waals surface area (Å²) in [5, 5.41) is 0. The van der Waals surface area contributed by atoms with E-state index in [9.17, 15) is 4.79 Å². The smallest absolute Gasteiger partial charge is 0.254 e. The molecule has 0 atom stereocenters. The minimum atomic E-state index is 0.168. The minimum absolute atomic E-state index is 0.168. The first-order valence-electron chi connectivity index (χ1n) is 5.28.